The third-order valence-electron chi connectivity index (χ3n) is 2.36. The molecule has 16 heavy (non-hydrogen) atoms. The molecule has 2 rings (SSSR count). The number of aryl methyl sites for hydroxylation is 1. The Morgan fingerprint density at radius 1 is 1.31 bits per heavy atom. The van der Waals surface area contributed by atoms with E-state index < -0.39 is 0 Å². The lowest BCUT2D eigenvalue weighted by molar-refractivity contribution is 0.699. The minimum Gasteiger partial charge on any atom is -0.324 e. The second kappa shape index (κ2) is 4.28. The van der Waals surface area contributed by atoms with Crippen molar-refractivity contribution >= 4 is 0 Å². The Balaban J connectivity index is 2.61. The number of hydrogen-bond donors (Lipinski definition) is 1. The Kier molecular flexibility index (Phi) is 2.82. The summed E-state index contributed by atoms with van der Waals surface area (Å²) in [6, 6.07) is 0. The first-order chi connectivity index (χ1) is 7.77. The summed E-state index contributed by atoms with van der Waals surface area (Å²) in [5, 5.41) is 0. The van der Waals surface area contributed by atoms with Gasteiger partial charge < -0.3 is 10.3 Å². The lowest BCUT2D eigenvalue weighted by Gasteiger charge is -2.07. The van der Waals surface area contributed by atoms with E-state index >= 15 is 0 Å². The van der Waals surface area contributed by atoms with Crippen LogP contribution in [0.3, 0.4) is 0 Å². The monoisotopic (exact) mass is 219 g/mol. The molecule has 6 heteroatoms. The van der Waals surface area contributed by atoms with Crippen molar-refractivity contribution in [1.29, 1.82) is 0 Å². The number of hydrogen-bond acceptors (Lipinski definition) is 4. The molecule has 0 unspecified atom stereocenters. The first-order valence-electron chi connectivity index (χ1n) is 5.06. The van der Waals surface area contributed by atoms with Crippen LogP contribution >= 0.6 is 0 Å². The molecule has 0 aliphatic rings. The zero-order valence-corrected chi connectivity index (χ0v) is 9.00. The summed E-state index contributed by atoms with van der Waals surface area (Å²) in [5.74, 6) is 0.959. The normalized spacial score (nSPS) is 10.6. The van der Waals surface area contributed by atoms with Crippen molar-refractivity contribution in [3.8, 4) is 5.82 Å². The van der Waals surface area contributed by atoms with Gasteiger partial charge in [0.2, 0.25) is 5.82 Å². The number of nitrogens with two attached hydrogens (primary N) is 1. The molecule has 0 fully saturated rings. The fraction of sp³-hybridized carbons (Fsp3) is 0.300. The standard InChI is InChI=1S/C10H13N5O/c1-2-14-5-3-13-9(10(14)16)15-6-4-12-8(15)7-11/h3-6H,2,7,11H2,1H3. The Hall–Kier alpha value is -1.95. The molecular formula is C10H13N5O. The summed E-state index contributed by atoms with van der Waals surface area (Å²) in [6.07, 6.45) is 6.55. The van der Waals surface area contributed by atoms with Crippen molar-refractivity contribution in [3.05, 3.63) is 41.0 Å². The van der Waals surface area contributed by atoms with Gasteiger partial charge in [0.1, 0.15) is 5.82 Å². The third kappa shape index (κ3) is 1.63. The average Bonchev–Trinajstić information content (AvgIpc) is 2.77. The summed E-state index contributed by atoms with van der Waals surface area (Å²) in [6.45, 7) is 2.79. The quantitative estimate of drug-likeness (QED) is 0.782. The Labute approximate surface area is 92.4 Å². The molecule has 84 valence electrons. The van der Waals surface area contributed by atoms with Crippen LogP contribution in [-0.4, -0.2) is 19.1 Å². The van der Waals surface area contributed by atoms with Crippen molar-refractivity contribution in [2.45, 2.75) is 20.0 Å². The molecular weight excluding hydrogens is 206 g/mol. The van der Waals surface area contributed by atoms with E-state index in [2.05, 4.69) is 9.97 Å². The number of nitrogens with zero attached hydrogens (tertiary/aromatic N) is 4. The first kappa shape index (κ1) is 10.6. The zero-order chi connectivity index (χ0) is 11.5. The summed E-state index contributed by atoms with van der Waals surface area (Å²) < 4.78 is 3.21. The molecule has 0 bridgehead atoms. The van der Waals surface area contributed by atoms with E-state index in [1.54, 1.807) is 33.9 Å². The van der Waals surface area contributed by atoms with E-state index in [0.717, 1.165) is 0 Å². The number of imidazole rings is 1. The van der Waals surface area contributed by atoms with E-state index in [1.165, 1.54) is 0 Å². The van der Waals surface area contributed by atoms with E-state index in [9.17, 15) is 4.79 Å². The summed E-state index contributed by atoms with van der Waals surface area (Å²) in [4.78, 5) is 20.1. The van der Waals surface area contributed by atoms with Gasteiger partial charge in [0, 0.05) is 31.3 Å². The van der Waals surface area contributed by atoms with Crippen molar-refractivity contribution in [1.82, 2.24) is 19.1 Å². The Morgan fingerprint density at radius 2 is 2.06 bits per heavy atom. The molecule has 0 aliphatic carbocycles. The molecule has 2 heterocycles. The summed E-state index contributed by atoms with van der Waals surface area (Å²) in [5.41, 5.74) is 5.39. The van der Waals surface area contributed by atoms with Gasteiger partial charge in [-0.1, -0.05) is 0 Å². The van der Waals surface area contributed by atoms with Crippen molar-refractivity contribution < 1.29 is 0 Å². The van der Waals surface area contributed by atoms with E-state index in [4.69, 9.17) is 5.73 Å². The maximum absolute atomic E-state index is 12.0. The van der Waals surface area contributed by atoms with Gasteiger partial charge >= 0.3 is 0 Å². The number of aromatic nitrogens is 4. The molecule has 0 saturated carbocycles. The predicted molar refractivity (Wildman–Crippen MR) is 59.2 cm³/mol. The second-order valence-corrected chi connectivity index (χ2v) is 3.26. The molecule has 0 spiro atoms. The Bertz CT molecular complexity index is 542. The van der Waals surface area contributed by atoms with Crippen LogP contribution in [0.25, 0.3) is 5.82 Å². The minimum absolute atomic E-state index is 0.141. The first-order valence-corrected chi connectivity index (χ1v) is 5.06. The Morgan fingerprint density at radius 3 is 2.75 bits per heavy atom. The minimum atomic E-state index is -0.141. The topological polar surface area (TPSA) is 78.7 Å². The molecule has 0 amide bonds. The van der Waals surface area contributed by atoms with Gasteiger partial charge in [0.25, 0.3) is 5.56 Å². The highest BCUT2D eigenvalue weighted by Crippen LogP contribution is 2.02. The molecule has 0 aliphatic heterocycles. The van der Waals surface area contributed by atoms with E-state index in [-0.39, 0.29) is 12.1 Å². The van der Waals surface area contributed by atoms with Crippen LogP contribution in [-0.2, 0) is 13.1 Å². The smallest absolute Gasteiger partial charge is 0.294 e. The van der Waals surface area contributed by atoms with Crippen molar-refractivity contribution in [2.24, 2.45) is 5.73 Å². The van der Waals surface area contributed by atoms with Gasteiger partial charge in [-0.3, -0.25) is 9.36 Å². The highest BCUT2D eigenvalue weighted by atomic mass is 16.1. The van der Waals surface area contributed by atoms with Gasteiger partial charge in [0.15, 0.2) is 0 Å². The fourth-order valence-corrected chi connectivity index (χ4v) is 1.53. The summed E-state index contributed by atoms with van der Waals surface area (Å²) >= 11 is 0. The molecule has 6 nitrogen and oxygen atoms in total. The van der Waals surface area contributed by atoms with Gasteiger partial charge in [-0.2, -0.15) is 0 Å². The van der Waals surface area contributed by atoms with Crippen LogP contribution in [0.5, 0.6) is 0 Å². The van der Waals surface area contributed by atoms with E-state index in [0.29, 0.717) is 18.2 Å². The molecule has 2 aromatic heterocycles. The van der Waals surface area contributed by atoms with Crippen LogP contribution in [0, 0.1) is 0 Å². The van der Waals surface area contributed by atoms with Crippen LogP contribution in [0.1, 0.15) is 12.7 Å². The largest absolute Gasteiger partial charge is 0.324 e. The van der Waals surface area contributed by atoms with Crippen LogP contribution in [0.4, 0.5) is 0 Å². The van der Waals surface area contributed by atoms with Gasteiger partial charge in [-0.15, -0.1) is 0 Å². The van der Waals surface area contributed by atoms with Crippen molar-refractivity contribution in [2.75, 3.05) is 0 Å². The summed E-state index contributed by atoms with van der Waals surface area (Å²) in [7, 11) is 0. The van der Waals surface area contributed by atoms with Crippen LogP contribution < -0.4 is 11.3 Å². The maximum Gasteiger partial charge on any atom is 0.294 e. The highest BCUT2D eigenvalue weighted by molar-refractivity contribution is 5.21. The van der Waals surface area contributed by atoms with Gasteiger partial charge in [0.05, 0.1) is 6.54 Å². The third-order valence-corrected chi connectivity index (χ3v) is 2.36. The van der Waals surface area contributed by atoms with Gasteiger partial charge in [-0.25, -0.2) is 9.97 Å². The highest BCUT2D eigenvalue weighted by Gasteiger charge is 2.09. The fourth-order valence-electron chi connectivity index (χ4n) is 1.53. The molecule has 0 aromatic carbocycles. The second-order valence-electron chi connectivity index (χ2n) is 3.26. The maximum atomic E-state index is 12.0. The molecule has 0 saturated heterocycles. The van der Waals surface area contributed by atoms with Gasteiger partial charge in [-0.05, 0) is 6.92 Å². The SMILES string of the molecule is CCn1ccnc(-n2ccnc2CN)c1=O. The average molecular weight is 219 g/mol. The van der Waals surface area contributed by atoms with Crippen LogP contribution in [0.2, 0.25) is 0 Å². The molecule has 0 atom stereocenters. The molecule has 0 radical (unpaired) electrons. The zero-order valence-electron chi connectivity index (χ0n) is 9.00. The lowest BCUT2D eigenvalue weighted by Crippen LogP contribution is -2.25. The number of rotatable bonds is 3. The molecule has 2 aromatic rings. The van der Waals surface area contributed by atoms with Crippen LogP contribution in [0.15, 0.2) is 29.6 Å². The molecule has 2 N–H and O–H groups in total. The van der Waals surface area contributed by atoms with E-state index in [1.807, 2.05) is 6.92 Å². The predicted octanol–water partition coefficient (Wildman–Crippen LogP) is -0.0924. The van der Waals surface area contributed by atoms with Crippen molar-refractivity contribution in [3.63, 3.8) is 0 Å². The lowest BCUT2D eigenvalue weighted by atomic mass is 10.5.